The Labute approximate surface area is 185 Å². The number of rotatable bonds is 6. The number of carbonyl (C=O) groups excluding carboxylic acids is 1. The Morgan fingerprint density at radius 1 is 0.969 bits per heavy atom. The number of nitrogens with one attached hydrogen (secondary N) is 1. The Bertz CT molecular complexity index is 1270. The van der Waals surface area contributed by atoms with Gasteiger partial charge in [-0.25, -0.2) is 14.6 Å². The zero-order chi connectivity index (χ0) is 22.7. The van der Waals surface area contributed by atoms with Crippen LogP contribution in [0.2, 0.25) is 0 Å². The fourth-order valence-electron chi connectivity index (χ4n) is 3.14. The van der Waals surface area contributed by atoms with Crippen molar-refractivity contribution < 1.29 is 14.3 Å². The quantitative estimate of drug-likeness (QED) is 0.480. The number of benzene rings is 2. The van der Waals surface area contributed by atoms with E-state index in [2.05, 4.69) is 20.4 Å². The molecule has 0 aliphatic carbocycles. The van der Waals surface area contributed by atoms with E-state index in [0.717, 1.165) is 17.0 Å². The summed E-state index contributed by atoms with van der Waals surface area (Å²) in [6.45, 7) is 5.99. The van der Waals surface area contributed by atoms with E-state index in [0.29, 0.717) is 34.4 Å². The van der Waals surface area contributed by atoms with Crippen molar-refractivity contribution in [1.29, 1.82) is 0 Å². The highest BCUT2D eigenvalue weighted by Gasteiger charge is 2.12. The summed E-state index contributed by atoms with van der Waals surface area (Å²) in [6.07, 6.45) is 1.44. The van der Waals surface area contributed by atoms with Crippen molar-refractivity contribution in [3.63, 3.8) is 0 Å². The number of hydrogen-bond donors (Lipinski definition) is 1. The van der Waals surface area contributed by atoms with Crippen LogP contribution in [0.15, 0.2) is 60.9 Å². The van der Waals surface area contributed by atoms with Crippen molar-refractivity contribution in [1.82, 2.24) is 19.7 Å². The minimum absolute atomic E-state index is 0.224. The summed E-state index contributed by atoms with van der Waals surface area (Å²) in [4.78, 5) is 21.0. The number of hydrogen-bond acceptors (Lipinski definition) is 6. The van der Waals surface area contributed by atoms with Crippen LogP contribution < -0.4 is 14.8 Å². The monoisotopic (exact) mass is 429 g/mol. The molecule has 4 aromatic rings. The maximum absolute atomic E-state index is 12.5. The molecule has 2 heterocycles. The van der Waals surface area contributed by atoms with Crippen molar-refractivity contribution in [3.05, 3.63) is 83.4 Å². The van der Waals surface area contributed by atoms with Crippen LogP contribution in [-0.4, -0.2) is 32.8 Å². The van der Waals surface area contributed by atoms with Gasteiger partial charge in [0, 0.05) is 23.0 Å². The van der Waals surface area contributed by atoms with E-state index >= 15 is 0 Å². The van der Waals surface area contributed by atoms with Gasteiger partial charge >= 0.3 is 0 Å². The Morgan fingerprint density at radius 3 is 2.44 bits per heavy atom. The van der Waals surface area contributed by atoms with E-state index in [-0.39, 0.29) is 5.91 Å². The second-order valence-corrected chi connectivity index (χ2v) is 7.23. The molecule has 0 saturated heterocycles. The molecule has 0 spiro atoms. The second-order valence-electron chi connectivity index (χ2n) is 7.23. The normalized spacial score (nSPS) is 10.6. The Balaban J connectivity index is 1.46. The molecule has 2 aromatic heterocycles. The van der Waals surface area contributed by atoms with E-state index in [1.165, 1.54) is 6.33 Å². The van der Waals surface area contributed by atoms with Gasteiger partial charge in [0.25, 0.3) is 5.91 Å². The lowest BCUT2D eigenvalue weighted by atomic mass is 10.2. The average molecular weight is 429 g/mol. The maximum Gasteiger partial charge on any atom is 0.255 e. The molecule has 0 saturated carbocycles. The topological polar surface area (TPSA) is 91.2 Å². The summed E-state index contributed by atoms with van der Waals surface area (Å²) in [5, 5.41) is 7.38. The highest BCUT2D eigenvalue weighted by molar-refractivity contribution is 6.04. The molecule has 4 rings (SSSR count). The minimum Gasteiger partial charge on any atom is -0.497 e. The van der Waals surface area contributed by atoms with Gasteiger partial charge in [-0.1, -0.05) is 6.07 Å². The molecule has 1 N–H and O–H groups in total. The highest BCUT2D eigenvalue weighted by atomic mass is 16.5. The Morgan fingerprint density at radius 2 is 1.75 bits per heavy atom. The highest BCUT2D eigenvalue weighted by Crippen LogP contribution is 2.24. The van der Waals surface area contributed by atoms with Gasteiger partial charge in [-0.2, -0.15) is 5.10 Å². The summed E-state index contributed by atoms with van der Waals surface area (Å²) in [7, 11) is 1.56. The maximum atomic E-state index is 12.5. The third kappa shape index (κ3) is 4.44. The zero-order valence-corrected chi connectivity index (χ0v) is 18.3. The molecule has 8 nitrogen and oxygen atoms in total. The molecule has 0 atom stereocenters. The van der Waals surface area contributed by atoms with Crippen LogP contribution in [0.25, 0.3) is 5.82 Å². The first kappa shape index (κ1) is 21.0. The summed E-state index contributed by atoms with van der Waals surface area (Å²) in [6, 6.07) is 15.8. The lowest BCUT2D eigenvalue weighted by Gasteiger charge is -2.09. The van der Waals surface area contributed by atoms with Gasteiger partial charge in [-0.3, -0.25) is 4.79 Å². The lowest BCUT2D eigenvalue weighted by Crippen LogP contribution is -2.11. The molecular formula is C24H23N5O3. The molecule has 1 amide bonds. The molecule has 32 heavy (non-hydrogen) atoms. The van der Waals surface area contributed by atoms with Crippen molar-refractivity contribution in [2.75, 3.05) is 12.4 Å². The molecule has 0 radical (unpaired) electrons. The van der Waals surface area contributed by atoms with Crippen LogP contribution in [0.5, 0.6) is 17.4 Å². The van der Waals surface area contributed by atoms with Gasteiger partial charge in [0.05, 0.1) is 12.8 Å². The number of nitrogens with zero attached hydrogens (tertiary/aromatic N) is 4. The predicted molar refractivity (Wildman–Crippen MR) is 121 cm³/mol. The van der Waals surface area contributed by atoms with Crippen molar-refractivity contribution >= 4 is 11.6 Å². The molecule has 8 heteroatoms. The standard InChI is InChI=1S/C24H23N5O3/c1-15-16(2)28-29(17(15)3)22-13-23(26-14-25-22)32-20-10-8-19(9-11-20)27-24(30)18-6-5-7-21(12-18)31-4/h5-14H,1-4H3,(H,27,30). The number of aryl methyl sites for hydroxylation is 1. The fourth-order valence-corrected chi connectivity index (χ4v) is 3.14. The fraction of sp³-hybridized carbons (Fsp3) is 0.167. The third-order valence-electron chi connectivity index (χ3n) is 5.16. The number of amides is 1. The van der Waals surface area contributed by atoms with Gasteiger partial charge in [0.1, 0.15) is 17.8 Å². The summed E-state index contributed by atoms with van der Waals surface area (Å²) >= 11 is 0. The van der Waals surface area contributed by atoms with Gasteiger partial charge in [-0.05, 0) is 68.8 Å². The Hall–Kier alpha value is -4.20. The van der Waals surface area contributed by atoms with E-state index in [1.807, 2.05) is 20.8 Å². The van der Waals surface area contributed by atoms with Crippen LogP contribution in [0, 0.1) is 20.8 Å². The second kappa shape index (κ2) is 8.89. The number of methoxy groups -OCH3 is 1. The van der Waals surface area contributed by atoms with Crippen LogP contribution >= 0.6 is 0 Å². The first-order chi connectivity index (χ1) is 15.4. The number of aromatic nitrogens is 4. The van der Waals surface area contributed by atoms with Crippen LogP contribution in [0.1, 0.15) is 27.3 Å². The predicted octanol–water partition coefficient (Wildman–Crippen LogP) is 4.64. The lowest BCUT2D eigenvalue weighted by molar-refractivity contribution is 0.102. The zero-order valence-electron chi connectivity index (χ0n) is 18.3. The van der Waals surface area contributed by atoms with E-state index < -0.39 is 0 Å². The summed E-state index contributed by atoms with van der Waals surface area (Å²) in [5.41, 5.74) is 4.25. The molecule has 0 aliphatic heterocycles. The molecule has 162 valence electrons. The average Bonchev–Trinajstić information content (AvgIpc) is 3.08. The van der Waals surface area contributed by atoms with Gasteiger partial charge in [0.2, 0.25) is 5.88 Å². The van der Waals surface area contributed by atoms with Crippen molar-refractivity contribution in [3.8, 4) is 23.2 Å². The van der Waals surface area contributed by atoms with Gasteiger partial charge in [-0.15, -0.1) is 0 Å². The molecule has 0 fully saturated rings. The summed E-state index contributed by atoms with van der Waals surface area (Å²) < 4.78 is 12.8. The van der Waals surface area contributed by atoms with Crippen LogP contribution in [0.4, 0.5) is 5.69 Å². The number of ether oxygens (including phenoxy) is 2. The molecule has 0 bridgehead atoms. The SMILES string of the molecule is COc1cccc(C(=O)Nc2ccc(Oc3cc(-n4nc(C)c(C)c4C)ncn3)cc2)c1. The van der Waals surface area contributed by atoms with Crippen LogP contribution in [-0.2, 0) is 0 Å². The number of carbonyl (C=O) groups is 1. The first-order valence-corrected chi connectivity index (χ1v) is 10.0. The van der Waals surface area contributed by atoms with Gasteiger partial charge < -0.3 is 14.8 Å². The van der Waals surface area contributed by atoms with Crippen LogP contribution in [0.3, 0.4) is 0 Å². The van der Waals surface area contributed by atoms with E-state index in [9.17, 15) is 4.79 Å². The Kier molecular flexibility index (Phi) is 5.85. The van der Waals surface area contributed by atoms with E-state index in [4.69, 9.17) is 9.47 Å². The largest absolute Gasteiger partial charge is 0.497 e. The third-order valence-corrected chi connectivity index (χ3v) is 5.16. The van der Waals surface area contributed by atoms with Gasteiger partial charge in [0.15, 0.2) is 5.82 Å². The molecule has 0 unspecified atom stereocenters. The summed E-state index contributed by atoms with van der Waals surface area (Å²) in [5.74, 6) is 2.01. The van der Waals surface area contributed by atoms with Crippen molar-refractivity contribution in [2.24, 2.45) is 0 Å². The minimum atomic E-state index is -0.224. The molecule has 2 aromatic carbocycles. The molecular weight excluding hydrogens is 406 g/mol. The van der Waals surface area contributed by atoms with E-state index in [1.54, 1.807) is 66.4 Å². The number of anilines is 1. The smallest absolute Gasteiger partial charge is 0.255 e. The van der Waals surface area contributed by atoms with Crippen molar-refractivity contribution in [2.45, 2.75) is 20.8 Å². The molecule has 0 aliphatic rings. The first-order valence-electron chi connectivity index (χ1n) is 10.0.